The highest BCUT2D eigenvalue weighted by atomic mass is 35.5. The highest BCUT2D eigenvalue weighted by molar-refractivity contribution is 7.80. The van der Waals surface area contributed by atoms with Crippen molar-refractivity contribution in [2.75, 3.05) is 23.9 Å². The fourth-order valence-electron chi connectivity index (χ4n) is 2.99. The van der Waals surface area contributed by atoms with Gasteiger partial charge in [-0.05, 0) is 48.4 Å². The van der Waals surface area contributed by atoms with Crippen molar-refractivity contribution in [3.63, 3.8) is 0 Å². The van der Waals surface area contributed by atoms with Gasteiger partial charge < -0.3 is 19.6 Å². The Labute approximate surface area is 193 Å². The van der Waals surface area contributed by atoms with Crippen molar-refractivity contribution in [3.05, 3.63) is 52.5 Å². The van der Waals surface area contributed by atoms with Gasteiger partial charge in [-0.2, -0.15) is 0 Å². The number of halogens is 4. The van der Waals surface area contributed by atoms with Gasteiger partial charge in [-0.3, -0.25) is 4.79 Å². The Morgan fingerprint density at radius 3 is 2.22 bits per heavy atom. The van der Waals surface area contributed by atoms with E-state index in [-0.39, 0.29) is 29.1 Å². The summed E-state index contributed by atoms with van der Waals surface area (Å²) in [5, 5.41) is 10.1. The number of carbonyl (C=O) groups excluding carboxylic acids is 1. The van der Waals surface area contributed by atoms with Gasteiger partial charge in [0.15, 0.2) is 0 Å². The fourth-order valence-corrected chi connectivity index (χ4v) is 3.34. The molecule has 11 heteroatoms. The van der Waals surface area contributed by atoms with Crippen LogP contribution in [0.2, 0.25) is 5.02 Å². The average molecular weight is 489 g/mol. The number of rotatable bonds is 7. The first-order valence-corrected chi connectivity index (χ1v) is 10.1. The predicted molar refractivity (Wildman–Crippen MR) is 120 cm³/mol. The van der Waals surface area contributed by atoms with Crippen molar-refractivity contribution in [1.29, 1.82) is 0 Å². The number of anilines is 2. The Kier molecular flexibility index (Phi) is 8.08. The van der Waals surface area contributed by atoms with Crippen molar-refractivity contribution in [3.8, 4) is 5.75 Å². The van der Waals surface area contributed by atoms with Gasteiger partial charge in [0.1, 0.15) is 5.75 Å². The highest BCUT2D eigenvalue weighted by Crippen LogP contribution is 2.33. The third kappa shape index (κ3) is 6.33. The molecule has 0 fully saturated rings. The Balaban J connectivity index is 2.32. The number of carbonyl (C=O) groups is 2. The predicted octanol–water partition coefficient (Wildman–Crippen LogP) is 5.32. The van der Waals surface area contributed by atoms with E-state index in [0.29, 0.717) is 10.7 Å². The summed E-state index contributed by atoms with van der Waals surface area (Å²) in [6, 6.07) is 8.59. The number of hydrogen-bond donors (Lipinski definition) is 1. The molecule has 0 radical (unpaired) electrons. The summed E-state index contributed by atoms with van der Waals surface area (Å²) >= 11 is 11.2. The number of aryl methyl sites for hydroxylation is 1. The van der Waals surface area contributed by atoms with E-state index in [9.17, 15) is 27.9 Å². The number of aromatic carboxylic acids is 1. The van der Waals surface area contributed by atoms with E-state index >= 15 is 0 Å². The Hall–Kier alpha value is -2.85. The summed E-state index contributed by atoms with van der Waals surface area (Å²) in [6.07, 6.45) is -5.05. The molecule has 0 spiro atoms. The van der Waals surface area contributed by atoms with Crippen LogP contribution in [0.5, 0.6) is 5.75 Å². The molecule has 172 valence electrons. The van der Waals surface area contributed by atoms with Gasteiger partial charge in [0.2, 0.25) is 5.91 Å². The van der Waals surface area contributed by atoms with Crippen LogP contribution in [-0.4, -0.2) is 42.4 Å². The minimum Gasteiger partial charge on any atom is -0.478 e. The molecule has 0 bridgehead atoms. The van der Waals surface area contributed by atoms with Crippen molar-refractivity contribution in [1.82, 2.24) is 0 Å². The molecule has 0 unspecified atom stereocenters. The molecule has 0 saturated carbocycles. The van der Waals surface area contributed by atoms with Crippen molar-refractivity contribution >= 4 is 52.1 Å². The molecule has 2 aromatic rings. The standard InChI is InChI=1S/C21H20ClF3N2O4S/c1-4-12-9-15(31-21(23,24)25)10-16(20(29)30)19(12)27(3)17(28)11-18(32)26(2)14-7-5-13(22)6-8-14/h5-10H,4,11H2,1-3H3,(H,29,30). The first-order chi connectivity index (χ1) is 14.8. The molecule has 1 N–H and O–H groups in total. The van der Waals surface area contributed by atoms with Crippen LogP contribution in [0.3, 0.4) is 0 Å². The minimum atomic E-state index is -4.98. The number of benzene rings is 2. The van der Waals surface area contributed by atoms with Gasteiger partial charge in [-0.25, -0.2) is 4.79 Å². The molecule has 2 aromatic carbocycles. The Morgan fingerprint density at radius 1 is 1.12 bits per heavy atom. The van der Waals surface area contributed by atoms with Crippen LogP contribution in [-0.2, 0) is 11.2 Å². The number of nitrogens with zero attached hydrogens (tertiary/aromatic N) is 2. The average Bonchev–Trinajstić information content (AvgIpc) is 2.71. The summed E-state index contributed by atoms with van der Waals surface area (Å²) in [6.45, 7) is 1.62. The molecule has 0 atom stereocenters. The third-order valence-electron chi connectivity index (χ3n) is 4.61. The van der Waals surface area contributed by atoms with Crippen LogP contribution in [0, 0.1) is 0 Å². The van der Waals surface area contributed by atoms with Crippen molar-refractivity contribution < 1.29 is 32.6 Å². The fraction of sp³-hybridized carbons (Fsp3) is 0.286. The van der Waals surface area contributed by atoms with Gasteiger partial charge in [-0.15, -0.1) is 13.2 Å². The lowest BCUT2D eigenvalue weighted by atomic mass is 10.0. The molecule has 0 aliphatic rings. The van der Waals surface area contributed by atoms with Crippen LogP contribution in [0.25, 0.3) is 0 Å². The molecule has 0 aromatic heterocycles. The lowest BCUT2D eigenvalue weighted by molar-refractivity contribution is -0.274. The highest BCUT2D eigenvalue weighted by Gasteiger charge is 2.33. The topological polar surface area (TPSA) is 70.1 Å². The molecule has 0 saturated heterocycles. The maximum absolute atomic E-state index is 12.9. The normalized spacial score (nSPS) is 11.1. The maximum Gasteiger partial charge on any atom is 0.573 e. The number of hydrogen-bond acceptors (Lipinski definition) is 4. The van der Waals surface area contributed by atoms with Crippen molar-refractivity contribution in [2.24, 2.45) is 0 Å². The number of amides is 1. The monoisotopic (exact) mass is 488 g/mol. The lowest BCUT2D eigenvalue weighted by Gasteiger charge is -2.26. The van der Waals surface area contributed by atoms with E-state index in [2.05, 4.69) is 4.74 Å². The molecule has 0 aliphatic heterocycles. The maximum atomic E-state index is 12.9. The number of carboxylic acid groups (broad SMARTS) is 1. The number of thiocarbonyl (C=S) groups is 1. The smallest absolute Gasteiger partial charge is 0.478 e. The summed E-state index contributed by atoms with van der Waals surface area (Å²) in [5.74, 6) is -2.70. The SMILES string of the molecule is CCc1cc(OC(F)(F)F)cc(C(=O)O)c1N(C)C(=O)CC(=S)N(C)c1ccc(Cl)cc1. The minimum absolute atomic E-state index is 0.0172. The molecular weight excluding hydrogens is 469 g/mol. The first-order valence-electron chi connectivity index (χ1n) is 9.28. The quantitative estimate of drug-likeness (QED) is 0.532. The van der Waals surface area contributed by atoms with Crippen LogP contribution < -0.4 is 14.5 Å². The first kappa shape index (κ1) is 25.4. The van der Waals surface area contributed by atoms with Gasteiger partial charge in [-0.1, -0.05) is 30.7 Å². The number of ether oxygens (including phenoxy) is 1. The van der Waals surface area contributed by atoms with Gasteiger partial charge in [0, 0.05) is 24.8 Å². The van der Waals surface area contributed by atoms with Gasteiger partial charge >= 0.3 is 12.3 Å². The van der Waals surface area contributed by atoms with Crippen molar-refractivity contribution in [2.45, 2.75) is 26.1 Å². The van der Waals surface area contributed by atoms with Crippen LogP contribution in [0.1, 0.15) is 29.3 Å². The molecular formula is C21H20ClF3N2O4S. The van der Waals surface area contributed by atoms with E-state index in [1.165, 1.54) is 7.05 Å². The summed E-state index contributed by atoms with van der Waals surface area (Å²) in [4.78, 5) is 27.6. The van der Waals surface area contributed by atoms with Gasteiger partial charge in [0.05, 0.1) is 22.7 Å². The van der Waals surface area contributed by atoms with Gasteiger partial charge in [0.25, 0.3) is 0 Å². The number of carboxylic acids is 1. The zero-order valence-corrected chi connectivity index (χ0v) is 18.9. The summed E-state index contributed by atoms with van der Waals surface area (Å²) < 4.78 is 41.7. The molecule has 1 amide bonds. The van der Waals surface area contributed by atoms with E-state index in [0.717, 1.165) is 17.0 Å². The molecule has 32 heavy (non-hydrogen) atoms. The van der Waals surface area contributed by atoms with Crippen LogP contribution in [0.4, 0.5) is 24.5 Å². The molecule has 2 rings (SSSR count). The second-order valence-electron chi connectivity index (χ2n) is 6.74. The Bertz CT molecular complexity index is 1030. The lowest BCUT2D eigenvalue weighted by Crippen LogP contribution is -2.35. The van der Waals surface area contributed by atoms with E-state index in [1.807, 2.05) is 0 Å². The van der Waals surface area contributed by atoms with E-state index in [1.54, 1.807) is 43.1 Å². The van der Waals surface area contributed by atoms with Crippen LogP contribution >= 0.6 is 23.8 Å². The largest absolute Gasteiger partial charge is 0.573 e. The summed E-state index contributed by atoms with van der Waals surface area (Å²) in [7, 11) is 3.01. The second-order valence-corrected chi connectivity index (χ2v) is 7.65. The second kappa shape index (κ2) is 10.2. The Morgan fingerprint density at radius 2 is 1.72 bits per heavy atom. The summed E-state index contributed by atoms with van der Waals surface area (Å²) in [5.41, 5.74) is 0.397. The zero-order chi connectivity index (χ0) is 24.2. The zero-order valence-electron chi connectivity index (χ0n) is 17.4. The van der Waals surface area contributed by atoms with E-state index < -0.39 is 29.6 Å². The van der Waals surface area contributed by atoms with Crippen LogP contribution in [0.15, 0.2) is 36.4 Å². The molecule has 0 aliphatic carbocycles. The third-order valence-corrected chi connectivity index (χ3v) is 5.28. The molecule has 6 nitrogen and oxygen atoms in total. The number of alkyl halides is 3. The molecule has 0 heterocycles. The van der Waals surface area contributed by atoms with E-state index in [4.69, 9.17) is 23.8 Å².